The molecular formula is C15H14ClN7O2. The first-order valence-corrected chi connectivity index (χ1v) is 7.74. The van der Waals surface area contributed by atoms with Crippen molar-refractivity contribution in [3.05, 3.63) is 45.5 Å². The summed E-state index contributed by atoms with van der Waals surface area (Å²) in [4.78, 5) is 32.4. The Morgan fingerprint density at radius 3 is 2.84 bits per heavy atom. The van der Waals surface area contributed by atoms with Crippen molar-refractivity contribution in [2.75, 3.05) is 11.9 Å². The molecule has 0 radical (unpaired) electrons. The van der Waals surface area contributed by atoms with Gasteiger partial charge in [0.2, 0.25) is 0 Å². The van der Waals surface area contributed by atoms with E-state index in [-0.39, 0.29) is 22.3 Å². The number of halogens is 1. The van der Waals surface area contributed by atoms with Crippen LogP contribution in [-0.2, 0) is 0 Å². The molecule has 4 N–H and O–H groups in total. The number of pyridine rings is 2. The number of aromatic amines is 1. The van der Waals surface area contributed by atoms with Gasteiger partial charge in [0.1, 0.15) is 5.82 Å². The van der Waals surface area contributed by atoms with Crippen molar-refractivity contribution >= 4 is 40.6 Å². The summed E-state index contributed by atoms with van der Waals surface area (Å²) in [6.07, 6.45) is 3.79. The lowest BCUT2D eigenvalue weighted by Crippen LogP contribution is -2.29. The van der Waals surface area contributed by atoms with E-state index in [9.17, 15) is 9.59 Å². The number of rotatable bonds is 4. The third-order valence-electron chi connectivity index (χ3n) is 3.43. The second-order valence-corrected chi connectivity index (χ2v) is 5.46. The van der Waals surface area contributed by atoms with Gasteiger partial charge in [0, 0.05) is 25.2 Å². The maximum absolute atomic E-state index is 12.6. The normalized spacial score (nSPS) is 10.6. The maximum atomic E-state index is 12.6. The number of nitrogens with zero attached hydrogens (tertiary/aromatic N) is 3. The lowest BCUT2D eigenvalue weighted by molar-refractivity contribution is 0.252. The number of H-pyrrole nitrogens is 1. The zero-order valence-electron chi connectivity index (χ0n) is 13.1. The molecular weight excluding hydrogens is 346 g/mol. The summed E-state index contributed by atoms with van der Waals surface area (Å²) in [5.41, 5.74) is 0.289. The van der Waals surface area contributed by atoms with Crippen LogP contribution in [0.4, 0.5) is 10.6 Å². The molecule has 25 heavy (non-hydrogen) atoms. The Morgan fingerprint density at radius 1 is 1.40 bits per heavy atom. The van der Waals surface area contributed by atoms with Crippen LogP contribution in [-0.4, -0.2) is 38.5 Å². The Kier molecular flexibility index (Phi) is 4.48. The summed E-state index contributed by atoms with van der Waals surface area (Å²) in [6.45, 7) is 2.23. The number of aromatic nitrogens is 4. The molecule has 0 saturated carbocycles. The first-order valence-electron chi connectivity index (χ1n) is 7.36. The van der Waals surface area contributed by atoms with E-state index in [0.29, 0.717) is 22.9 Å². The highest BCUT2D eigenvalue weighted by Crippen LogP contribution is 2.20. The minimum absolute atomic E-state index is 0.172. The largest absolute Gasteiger partial charge is 0.338 e. The van der Waals surface area contributed by atoms with E-state index in [1.54, 1.807) is 19.1 Å². The molecule has 0 saturated heterocycles. The number of hydrogen-bond acceptors (Lipinski definition) is 5. The zero-order chi connectivity index (χ0) is 18.0. The van der Waals surface area contributed by atoms with Crippen LogP contribution in [0.3, 0.4) is 0 Å². The van der Waals surface area contributed by atoms with Gasteiger partial charge in [-0.3, -0.25) is 15.2 Å². The molecule has 0 aliphatic rings. The Bertz CT molecular complexity index is 1010. The first-order chi connectivity index (χ1) is 12.0. The van der Waals surface area contributed by atoms with Crippen molar-refractivity contribution < 1.29 is 4.79 Å². The molecule has 0 aromatic carbocycles. The number of amides is 2. The molecule has 0 atom stereocenters. The van der Waals surface area contributed by atoms with Crippen molar-refractivity contribution in [1.29, 1.82) is 5.41 Å². The SMILES string of the molecule is CCNC(=O)Nc1ncc2c(=O)n(-c3ccc(Cl)cn3)[nH]c2c1C=N. The number of anilines is 1. The van der Waals surface area contributed by atoms with Gasteiger partial charge in [-0.25, -0.2) is 19.4 Å². The predicted octanol–water partition coefficient (Wildman–Crippen LogP) is 1.90. The number of fused-ring (bicyclic) bond motifs is 1. The third-order valence-corrected chi connectivity index (χ3v) is 3.65. The van der Waals surface area contributed by atoms with Gasteiger partial charge in [0.25, 0.3) is 5.56 Å². The van der Waals surface area contributed by atoms with Gasteiger partial charge >= 0.3 is 6.03 Å². The molecule has 3 aromatic rings. The van der Waals surface area contributed by atoms with Crippen molar-refractivity contribution in [3.8, 4) is 5.82 Å². The van der Waals surface area contributed by atoms with E-state index in [1.165, 1.54) is 17.1 Å². The molecule has 3 rings (SSSR count). The number of hydrogen-bond donors (Lipinski definition) is 4. The molecule has 0 unspecified atom stereocenters. The van der Waals surface area contributed by atoms with Crippen LogP contribution < -0.4 is 16.2 Å². The molecule has 2 amide bonds. The second-order valence-electron chi connectivity index (χ2n) is 5.02. The van der Waals surface area contributed by atoms with Gasteiger partial charge in [0.05, 0.1) is 21.5 Å². The highest BCUT2D eigenvalue weighted by Gasteiger charge is 2.16. The number of carbonyl (C=O) groups excluding carboxylic acids is 1. The van der Waals surface area contributed by atoms with Crippen molar-refractivity contribution in [1.82, 2.24) is 25.1 Å². The van der Waals surface area contributed by atoms with Gasteiger partial charge < -0.3 is 10.7 Å². The molecule has 0 spiro atoms. The fourth-order valence-corrected chi connectivity index (χ4v) is 2.42. The predicted molar refractivity (Wildman–Crippen MR) is 95.1 cm³/mol. The van der Waals surface area contributed by atoms with E-state index >= 15 is 0 Å². The lowest BCUT2D eigenvalue weighted by atomic mass is 10.2. The lowest BCUT2D eigenvalue weighted by Gasteiger charge is -2.07. The van der Waals surface area contributed by atoms with Crippen molar-refractivity contribution in [2.45, 2.75) is 6.92 Å². The quantitative estimate of drug-likeness (QED) is 0.530. The average molecular weight is 360 g/mol. The van der Waals surface area contributed by atoms with Crippen molar-refractivity contribution in [3.63, 3.8) is 0 Å². The minimum atomic E-state index is -0.446. The summed E-state index contributed by atoms with van der Waals surface area (Å²) in [5, 5.41) is 16.4. The first kappa shape index (κ1) is 16.7. The topological polar surface area (TPSA) is 129 Å². The highest BCUT2D eigenvalue weighted by molar-refractivity contribution is 6.30. The summed E-state index contributed by atoms with van der Waals surface area (Å²) in [5.74, 6) is 0.519. The summed E-state index contributed by atoms with van der Waals surface area (Å²) in [6, 6.07) is 2.75. The molecule has 3 aromatic heterocycles. The maximum Gasteiger partial charge on any atom is 0.320 e. The van der Waals surface area contributed by atoms with E-state index in [4.69, 9.17) is 17.0 Å². The van der Waals surface area contributed by atoms with Gasteiger partial charge in [-0.15, -0.1) is 0 Å². The molecule has 9 nitrogen and oxygen atoms in total. The van der Waals surface area contributed by atoms with E-state index in [1.807, 2.05) is 0 Å². The Hall–Kier alpha value is -3.20. The van der Waals surface area contributed by atoms with Crippen LogP contribution in [0.25, 0.3) is 16.7 Å². The molecule has 0 fully saturated rings. The molecule has 3 heterocycles. The second kappa shape index (κ2) is 6.73. The van der Waals surface area contributed by atoms with Crippen LogP contribution >= 0.6 is 11.6 Å². The molecule has 10 heteroatoms. The smallest absolute Gasteiger partial charge is 0.320 e. The molecule has 128 valence electrons. The van der Waals surface area contributed by atoms with Crippen LogP contribution in [0, 0.1) is 5.41 Å². The van der Waals surface area contributed by atoms with Crippen LogP contribution in [0.15, 0.2) is 29.3 Å². The number of nitrogens with one attached hydrogen (secondary N) is 4. The van der Waals surface area contributed by atoms with Crippen LogP contribution in [0.2, 0.25) is 5.02 Å². The standard InChI is InChI=1S/C15H14ClN7O2/c1-2-18-15(25)21-13-9(5-17)12-10(7-20-13)14(24)23(22-12)11-4-3-8(16)6-19-11/h3-7,17,22H,2H2,1H3,(H2,18,20,21,25). The van der Waals surface area contributed by atoms with Gasteiger partial charge in [-0.05, 0) is 19.1 Å². The van der Waals surface area contributed by atoms with Crippen molar-refractivity contribution in [2.24, 2.45) is 0 Å². The minimum Gasteiger partial charge on any atom is -0.338 e. The molecule has 0 bridgehead atoms. The monoisotopic (exact) mass is 359 g/mol. The van der Waals surface area contributed by atoms with E-state index < -0.39 is 6.03 Å². The van der Waals surface area contributed by atoms with Gasteiger partial charge in [-0.1, -0.05) is 11.6 Å². The summed E-state index contributed by atoms with van der Waals surface area (Å²) in [7, 11) is 0. The Morgan fingerprint density at radius 2 is 2.20 bits per heavy atom. The van der Waals surface area contributed by atoms with Crippen LogP contribution in [0.1, 0.15) is 12.5 Å². The van der Waals surface area contributed by atoms with Crippen LogP contribution in [0.5, 0.6) is 0 Å². The fraction of sp³-hybridized carbons (Fsp3) is 0.133. The third kappa shape index (κ3) is 3.09. The van der Waals surface area contributed by atoms with Gasteiger partial charge in [-0.2, -0.15) is 0 Å². The molecule has 0 aliphatic carbocycles. The highest BCUT2D eigenvalue weighted by atomic mass is 35.5. The molecule has 0 aliphatic heterocycles. The summed E-state index contributed by atoms with van der Waals surface area (Å²) < 4.78 is 1.23. The van der Waals surface area contributed by atoms with E-state index in [0.717, 1.165) is 6.21 Å². The zero-order valence-corrected chi connectivity index (χ0v) is 13.9. The Labute approximate surface area is 146 Å². The Balaban J connectivity index is 2.14. The number of carbonyl (C=O) groups is 1. The average Bonchev–Trinajstić information content (AvgIpc) is 2.92. The fourth-order valence-electron chi connectivity index (χ4n) is 2.31. The van der Waals surface area contributed by atoms with E-state index in [2.05, 4.69) is 25.7 Å². The summed E-state index contributed by atoms with van der Waals surface area (Å²) >= 11 is 5.81. The van der Waals surface area contributed by atoms with Gasteiger partial charge in [0.15, 0.2) is 5.82 Å². The number of urea groups is 1.